The third-order valence-electron chi connectivity index (χ3n) is 2.80. The minimum atomic E-state index is -2.88. The largest absolute Gasteiger partial charge is 0.391 e. The molecule has 2 unspecified atom stereocenters. The van der Waals surface area contributed by atoms with Gasteiger partial charge in [-0.05, 0) is 12.8 Å². The number of rotatable bonds is 8. The van der Waals surface area contributed by atoms with Crippen molar-refractivity contribution in [1.82, 2.24) is 5.32 Å². The van der Waals surface area contributed by atoms with Gasteiger partial charge in [-0.25, -0.2) is 8.42 Å². The van der Waals surface area contributed by atoms with Crippen molar-refractivity contribution in [2.24, 2.45) is 0 Å². The van der Waals surface area contributed by atoms with Crippen molar-refractivity contribution < 1.29 is 23.1 Å². The summed E-state index contributed by atoms with van der Waals surface area (Å²) in [5, 5.41) is 12.1. The monoisotopic (exact) mass is 311 g/mol. The molecule has 19 heavy (non-hydrogen) atoms. The third-order valence-corrected chi connectivity index (χ3v) is 6.08. The van der Waals surface area contributed by atoms with Crippen molar-refractivity contribution in [2.45, 2.75) is 24.2 Å². The summed E-state index contributed by atoms with van der Waals surface area (Å²) in [6, 6.07) is 0. The topological polar surface area (TPSA) is 92.7 Å². The predicted molar refractivity (Wildman–Crippen MR) is 75.0 cm³/mol. The zero-order valence-corrected chi connectivity index (χ0v) is 12.6. The highest BCUT2D eigenvalue weighted by atomic mass is 32.2. The van der Waals surface area contributed by atoms with Gasteiger partial charge in [0.05, 0.1) is 30.0 Å². The molecule has 1 aliphatic rings. The van der Waals surface area contributed by atoms with Crippen LogP contribution in [0.2, 0.25) is 0 Å². The molecule has 1 saturated heterocycles. The van der Waals surface area contributed by atoms with Crippen LogP contribution in [0.15, 0.2) is 0 Å². The first-order chi connectivity index (χ1) is 8.93. The number of aliphatic hydroxyl groups is 1. The highest BCUT2D eigenvalue weighted by Gasteiger charge is 2.28. The van der Waals surface area contributed by atoms with Crippen molar-refractivity contribution in [2.75, 3.05) is 37.5 Å². The molecule has 0 aromatic heterocycles. The summed E-state index contributed by atoms with van der Waals surface area (Å²) in [6.45, 7) is 0.650. The number of carbonyl (C=O) groups is 1. The lowest BCUT2D eigenvalue weighted by Crippen LogP contribution is -2.30. The number of hydrogen-bond donors (Lipinski definition) is 2. The van der Waals surface area contributed by atoms with Crippen LogP contribution in [0.3, 0.4) is 0 Å². The minimum absolute atomic E-state index is 0.0369. The van der Waals surface area contributed by atoms with Gasteiger partial charge >= 0.3 is 0 Å². The number of thioether (sulfide) groups is 1. The highest BCUT2D eigenvalue weighted by molar-refractivity contribution is 8.02. The molecule has 0 aromatic rings. The van der Waals surface area contributed by atoms with Crippen molar-refractivity contribution in [3.8, 4) is 0 Å². The number of nitrogens with one attached hydrogen (secondary N) is 1. The summed E-state index contributed by atoms with van der Waals surface area (Å²) in [7, 11) is -1.37. The molecule has 0 spiro atoms. The number of hydrogen-bond acceptors (Lipinski definition) is 6. The fourth-order valence-electron chi connectivity index (χ4n) is 1.79. The Morgan fingerprint density at radius 2 is 2.32 bits per heavy atom. The minimum Gasteiger partial charge on any atom is -0.391 e. The Kier molecular flexibility index (Phi) is 7.12. The van der Waals surface area contributed by atoms with Crippen LogP contribution < -0.4 is 5.32 Å². The first kappa shape index (κ1) is 16.7. The van der Waals surface area contributed by atoms with E-state index < -0.39 is 15.9 Å². The number of aliphatic hydroxyl groups excluding tert-OH is 1. The van der Waals surface area contributed by atoms with Gasteiger partial charge in [0.2, 0.25) is 5.91 Å². The van der Waals surface area contributed by atoms with Crippen LogP contribution >= 0.6 is 11.8 Å². The molecule has 6 nitrogen and oxygen atoms in total. The number of amides is 1. The van der Waals surface area contributed by atoms with Gasteiger partial charge in [-0.2, -0.15) is 0 Å². The van der Waals surface area contributed by atoms with Crippen LogP contribution in [0.1, 0.15) is 12.8 Å². The second-order valence-corrected chi connectivity index (χ2v) is 8.10. The Labute approximate surface area is 118 Å². The SMILES string of the molecule is COCC(O)CCNC(=O)CSC1CCS(=O)(=O)C1. The molecule has 0 bridgehead atoms. The molecule has 1 fully saturated rings. The fraction of sp³-hybridized carbons (Fsp3) is 0.909. The molecule has 8 heteroatoms. The zero-order chi connectivity index (χ0) is 14.3. The second-order valence-electron chi connectivity index (χ2n) is 4.58. The number of methoxy groups -OCH3 is 1. The third kappa shape index (κ3) is 7.14. The molecule has 112 valence electrons. The van der Waals surface area contributed by atoms with E-state index in [-0.39, 0.29) is 35.0 Å². The van der Waals surface area contributed by atoms with Gasteiger partial charge in [0.25, 0.3) is 0 Å². The normalized spacial score (nSPS) is 23.2. The molecule has 0 radical (unpaired) electrons. The standard InChI is InChI=1S/C11H21NO5S2/c1-17-6-9(13)2-4-12-11(14)7-18-10-3-5-19(15,16)8-10/h9-10,13H,2-8H2,1H3,(H,12,14). The van der Waals surface area contributed by atoms with Crippen LogP contribution in [0.25, 0.3) is 0 Å². The second kappa shape index (κ2) is 8.08. The molecule has 1 rings (SSSR count). The van der Waals surface area contributed by atoms with Gasteiger partial charge in [-0.3, -0.25) is 4.79 Å². The highest BCUT2D eigenvalue weighted by Crippen LogP contribution is 2.23. The van der Waals surface area contributed by atoms with E-state index in [9.17, 15) is 18.3 Å². The lowest BCUT2D eigenvalue weighted by atomic mass is 10.3. The summed E-state index contributed by atoms with van der Waals surface area (Å²) in [4.78, 5) is 11.5. The van der Waals surface area contributed by atoms with E-state index in [0.717, 1.165) is 0 Å². The summed E-state index contributed by atoms with van der Waals surface area (Å²) >= 11 is 1.39. The summed E-state index contributed by atoms with van der Waals surface area (Å²) in [6.07, 6.45) is 0.507. The average Bonchev–Trinajstić information content (AvgIpc) is 2.67. The molecule has 1 heterocycles. The molecule has 0 aliphatic carbocycles. The Morgan fingerprint density at radius 1 is 1.58 bits per heavy atom. The molecule has 2 atom stereocenters. The summed E-state index contributed by atoms with van der Waals surface area (Å²) < 4.78 is 27.3. The van der Waals surface area contributed by atoms with Crippen LogP contribution in [0, 0.1) is 0 Å². The van der Waals surface area contributed by atoms with E-state index in [0.29, 0.717) is 19.4 Å². The first-order valence-corrected chi connectivity index (χ1v) is 9.05. The van der Waals surface area contributed by atoms with E-state index in [2.05, 4.69) is 5.32 Å². The quantitative estimate of drug-likeness (QED) is 0.623. The number of carbonyl (C=O) groups excluding carboxylic acids is 1. The maximum absolute atomic E-state index is 11.5. The summed E-state index contributed by atoms with van der Waals surface area (Å²) in [5.74, 6) is 0.548. The number of sulfone groups is 1. The Morgan fingerprint density at radius 3 is 2.89 bits per heavy atom. The van der Waals surface area contributed by atoms with Gasteiger partial charge < -0.3 is 15.2 Å². The van der Waals surface area contributed by atoms with Crippen molar-refractivity contribution >= 4 is 27.5 Å². The zero-order valence-electron chi connectivity index (χ0n) is 11.0. The van der Waals surface area contributed by atoms with E-state index in [1.54, 1.807) is 0 Å². The molecule has 0 saturated carbocycles. The summed E-state index contributed by atoms with van der Waals surface area (Å²) in [5.41, 5.74) is 0. The van der Waals surface area contributed by atoms with Crippen molar-refractivity contribution in [3.05, 3.63) is 0 Å². The van der Waals surface area contributed by atoms with E-state index >= 15 is 0 Å². The van der Waals surface area contributed by atoms with Crippen LogP contribution in [-0.2, 0) is 19.4 Å². The first-order valence-electron chi connectivity index (χ1n) is 6.18. The van der Waals surface area contributed by atoms with Gasteiger partial charge in [-0.15, -0.1) is 11.8 Å². The smallest absolute Gasteiger partial charge is 0.230 e. The molecule has 2 N–H and O–H groups in total. The van der Waals surface area contributed by atoms with Crippen molar-refractivity contribution in [1.29, 1.82) is 0 Å². The van der Waals surface area contributed by atoms with Crippen molar-refractivity contribution in [3.63, 3.8) is 0 Å². The van der Waals surface area contributed by atoms with Crippen LogP contribution in [0.4, 0.5) is 0 Å². The Bertz CT molecular complexity index is 385. The predicted octanol–water partition coefficient (Wildman–Crippen LogP) is -0.580. The maximum atomic E-state index is 11.5. The maximum Gasteiger partial charge on any atom is 0.230 e. The van der Waals surface area contributed by atoms with Crippen LogP contribution in [0.5, 0.6) is 0 Å². The molecular weight excluding hydrogens is 290 g/mol. The van der Waals surface area contributed by atoms with Gasteiger partial charge in [-0.1, -0.05) is 0 Å². The molecular formula is C11H21NO5S2. The molecule has 1 amide bonds. The van der Waals surface area contributed by atoms with E-state index in [1.165, 1.54) is 18.9 Å². The lowest BCUT2D eigenvalue weighted by Gasteiger charge is -2.11. The van der Waals surface area contributed by atoms with E-state index in [1.807, 2.05) is 0 Å². The molecule has 0 aromatic carbocycles. The number of ether oxygens (including phenoxy) is 1. The lowest BCUT2D eigenvalue weighted by molar-refractivity contribution is -0.118. The molecule has 1 aliphatic heterocycles. The van der Waals surface area contributed by atoms with E-state index in [4.69, 9.17) is 4.74 Å². The van der Waals surface area contributed by atoms with Gasteiger partial charge in [0.1, 0.15) is 0 Å². The fourth-order valence-corrected chi connectivity index (χ4v) is 5.26. The van der Waals surface area contributed by atoms with Gasteiger partial charge in [0.15, 0.2) is 9.84 Å². The average molecular weight is 311 g/mol. The Balaban J connectivity index is 2.09. The Hall–Kier alpha value is -0.310. The van der Waals surface area contributed by atoms with Gasteiger partial charge in [0, 0.05) is 18.9 Å². The van der Waals surface area contributed by atoms with Crippen LogP contribution in [-0.4, -0.2) is 68.3 Å².